The summed E-state index contributed by atoms with van der Waals surface area (Å²) in [7, 11) is 1.62. The number of allylic oxidation sites excluding steroid dienone is 1. The lowest BCUT2D eigenvalue weighted by molar-refractivity contribution is 0.282. The molecule has 2 aliphatic rings. The Kier molecular flexibility index (Phi) is 7.67. The number of hydrogen-bond acceptors (Lipinski definition) is 5. The zero-order chi connectivity index (χ0) is 29.5. The highest BCUT2D eigenvalue weighted by atomic mass is 79.9. The van der Waals surface area contributed by atoms with Gasteiger partial charge in [0.25, 0.3) is 5.56 Å². The van der Waals surface area contributed by atoms with Gasteiger partial charge in [0.2, 0.25) is 0 Å². The third-order valence-corrected chi connectivity index (χ3v) is 9.93. The molecule has 0 saturated carbocycles. The van der Waals surface area contributed by atoms with Gasteiger partial charge in [-0.05, 0) is 86.9 Å². The van der Waals surface area contributed by atoms with E-state index in [-0.39, 0.29) is 11.6 Å². The average Bonchev–Trinajstić information content (AvgIpc) is 3.34. The smallest absolute Gasteiger partial charge is 0.271 e. The van der Waals surface area contributed by atoms with E-state index in [0.29, 0.717) is 27.4 Å². The van der Waals surface area contributed by atoms with Gasteiger partial charge < -0.3 is 9.47 Å². The number of ether oxygens (including phenoxy) is 2. The monoisotopic (exact) mass is 712 g/mol. The molecule has 0 fully saturated rings. The number of rotatable bonds is 6. The maximum atomic E-state index is 14.1. The molecule has 1 aromatic heterocycles. The molecule has 0 unspecified atom stereocenters. The Hall–Kier alpha value is -3.72. The Balaban J connectivity index is 1.34. The zero-order valence-electron chi connectivity index (χ0n) is 23.2. The van der Waals surface area contributed by atoms with Gasteiger partial charge in [0.15, 0.2) is 16.3 Å². The van der Waals surface area contributed by atoms with Crippen molar-refractivity contribution in [1.29, 1.82) is 0 Å². The summed E-state index contributed by atoms with van der Waals surface area (Å²) >= 11 is 8.65. The molecule has 0 radical (unpaired) electrons. The third-order valence-electron chi connectivity index (χ3n) is 7.83. The van der Waals surface area contributed by atoms with Crippen molar-refractivity contribution in [3.63, 3.8) is 0 Å². The van der Waals surface area contributed by atoms with Gasteiger partial charge >= 0.3 is 0 Å². The van der Waals surface area contributed by atoms with Crippen molar-refractivity contribution in [2.45, 2.75) is 25.5 Å². The molecule has 8 heteroatoms. The van der Waals surface area contributed by atoms with Crippen LogP contribution < -0.4 is 24.4 Å². The number of benzene rings is 4. The van der Waals surface area contributed by atoms with Crippen molar-refractivity contribution < 1.29 is 9.47 Å². The van der Waals surface area contributed by atoms with Crippen molar-refractivity contribution in [2.24, 2.45) is 4.99 Å². The summed E-state index contributed by atoms with van der Waals surface area (Å²) in [6, 6.07) is 30.4. The number of aryl methyl sites for hydroxylation is 1. The van der Waals surface area contributed by atoms with Crippen LogP contribution in [-0.2, 0) is 13.0 Å². The topological polar surface area (TPSA) is 52.8 Å². The van der Waals surface area contributed by atoms with Crippen molar-refractivity contribution in [3.8, 4) is 11.5 Å². The quantitative estimate of drug-likeness (QED) is 0.184. The Morgan fingerprint density at radius 2 is 1.74 bits per heavy atom. The molecule has 4 aromatic carbocycles. The van der Waals surface area contributed by atoms with E-state index in [1.165, 1.54) is 22.5 Å². The highest BCUT2D eigenvalue weighted by molar-refractivity contribution is 9.10. The molecule has 2 heterocycles. The predicted octanol–water partition coefficient (Wildman–Crippen LogP) is 7.43. The van der Waals surface area contributed by atoms with E-state index < -0.39 is 0 Å². The third kappa shape index (κ3) is 5.32. The van der Waals surface area contributed by atoms with Crippen LogP contribution in [0.4, 0.5) is 0 Å². The van der Waals surface area contributed by atoms with E-state index in [4.69, 9.17) is 14.5 Å². The number of fused-ring (bicyclic) bond motifs is 3. The van der Waals surface area contributed by atoms with Crippen LogP contribution in [0.15, 0.2) is 115 Å². The summed E-state index contributed by atoms with van der Waals surface area (Å²) in [4.78, 5) is 20.0. The molecule has 5 nitrogen and oxygen atoms in total. The van der Waals surface area contributed by atoms with E-state index >= 15 is 0 Å². The van der Waals surface area contributed by atoms with Crippen LogP contribution in [0.3, 0.4) is 0 Å². The summed E-state index contributed by atoms with van der Waals surface area (Å²) in [6.07, 6.45) is 3.69. The summed E-state index contributed by atoms with van der Waals surface area (Å²) in [5.74, 6) is 1.20. The van der Waals surface area contributed by atoms with Gasteiger partial charge in [-0.3, -0.25) is 9.36 Å². The van der Waals surface area contributed by atoms with Crippen molar-refractivity contribution in [3.05, 3.63) is 153 Å². The maximum Gasteiger partial charge on any atom is 0.271 e. The Morgan fingerprint density at radius 3 is 2.53 bits per heavy atom. The molecule has 5 aromatic rings. The molecule has 214 valence electrons. The summed E-state index contributed by atoms with van der Waals surface area (Å²) in [5.41, 5.74) is 7.54. The second-order valence-corrected chi connectivity index (χ2v) is 13.3. The first kappa shape index (κ1) is 28.1. The average molecular weight is 714 g/mol. The Labute approximate surface area is 269 Å². The number of thiazole rings is 1. The lowest BCUT2D eigenvalue weighted by Gasteiger charge is -2.30. The molecule has 43 heavy (non-hydrogen) atoms. The standard InChI is InChI=1S/C35H26Br2N2O3S/c1-41-29-18-22(17-28(37)33(29)42-20-21-7-3-2-4-8-21)19-30-34(40)39-32(24-11-14-25(36)15-12-24)27-16-13-23-9-5-6-10-26(23)31(27)38-35(39)43-30/h2-12,14-15,17-19,32H,13,16,20H2,1H3/b30-19+/t32-/m0/s1. The molecule has 0 amide bonds. The van der Waals surface area contributed by atoms with Gasteiger partial charge in [0.1, 0.15) is 6.61 Å². The molecule has 0 N–H and O–H groups in total. The molecule has 0 spiro atoms. The van der Waals surface area contributed by atoms with Gasteiger partial charge in [0, 0.05) is 10.0 Å². The van der Waals surface area contributed by atoms with Crippen molar-refractivity contribution >= 4 is 55.0 Å². The van der Waals surface area contributed by atoms with Crippen LogP contribution in [0.5, 0.6) is 11.5 Å². The van der Waals surface area contributed by atoms with E-state index in [2.05, 4.69) is 68.3 Å². The molecule has 0 bridgehead atoms. The minimum Gasteiger partial charge on any atom is -0.493 e. The number of aromatic nitrogens is 1. The predicted molar refractivity (Wildman–Crippen MR) is 178 cm³/mol. The number of nitrogens with zero attached hydrogens (tertiary/aromatic N) is 2. The van der Waals surface area contributed by atoms with E-state index in [9.17, 15) is 4.79 Å². The molecule has 0 saturated heterocycles. The molecular formula is C35H26Br2N2O3S. The van der Waals surface area contributed by atoms with E-state index in [1.54, 1.807) is 7.11 Å². The largest absolute Gasteiger partial charge is 0.493 e. The summed E-state index contributed by atoms with van der Waals surface area (Å²) < 4.78 is 16.1. The van der Waals surface area contributed by atoms with Gasteiger partial charge in [-0.2, -0.15) is 0 Å². The van der Waals surface area contributed by atoms with Gasteiger partial charge in [-0.15, -0.1) is 0 Å². The lowest BCUT2D eigenvalue weighted by Crippen LogP contribution is -2.38. The van der Waals surface area contributed by atoms with Gasteiger partial charge in [-0.25, -0.2) is 4.99 Å². The van der Waals surface area contributed by atoms with Crippen molar-refractivity contribution in [1.82, 2.24) is 4.57 Å². The zero-order valence-corrected chi connectivity index (χ0v) is 27.2. The van der Waals surface area contributed by atoms with Crippen LogP contribution >= 0.6 is 43.2 Å². The second-order valence-electron chi connectivity index (χ2n) is 10.5. The summed E-state index contributed by atoms with van der Waals surface area (Å²) in [5, 5.41) is 0. The van der Waals surface area contributed by atoms with Crippen LogP contribution in [0.2, 0.25) is 0 Å². The fraction of sp³-hybridized carbons (Fsp3) is 0.143. The van der Waals surface area contributed by atoms with Crippen LogP contribution in [0.1, 0.15) is 40.3 Å². The SMILES string of the molecule is COc1cc(/C=c2/sc3n(c2=O)[C@@H](c2ccc(Br)cc2)C2=C(N=3)c3ccccc3CC2)cc(Br)c1OCc1ccccc1. The maximum absolute atomic E-state index is 14.1. The highest BCUT2D eigenvalue weighted by Crippen LogP contribution is 2.41. The fourth-order valence-corrected chi connectivity index (χ4v) is 7.65. The van der Waals surface area contributed by atoms with Gasteiger partial charge in [0.05, 0.1) is 27.9 Å². The summed E-state index contributed by atoms with van der Waals surface area (Å²) in [6.45, 7) is 0.414. The fourth-order valence-electron chi connectivity index (χ4n) is 5.81. The van der Waals surface area contributed by atoms with Crippen LogP contribution in [-0.4, -0.2) is 11.7 Å². The van der Waals surface area contributed by atoms with Crippen molar-refractivity contribution in [2.75, 3.05) is 7.11 Å². The number of halogens is 2. The van der Waals surface area contributed by atoms with E-state index in [1.807, 2.05) is 65.2 Å². The first-order chi connectivity index (χ1) is 21.0. The van der Waals surface area contributed by atoms with E-state index in [0.717, 1.165) is 49.7 Å². The number of methoxy groups -OCH3 is 1. The first-order valence-corrected chi connectivity index (χ1v) is 16.3. The van der Waals surface area contributed by atoms with Crippen LogP contribution in [0, 0.1) is 0 Å². The minimum atomic E-state index is -0.218. The normalized spacial score (nSPS) is 15.8. The lowest BCUT2D eigenvalue weighted by atomic mass is 9.83. The number of hydrogen-bond donors (Lipinski definition) is 0. The Bertz CT molecular complexity index is 2070. The molecular weight excluding hydrogens is 688 g/mol. The van der Waals surface area contributed by atoms with Gasteiger partial charge in [-0.1, -0.05) is 94.0 Å². The highest BCUT2D eigenvalue weighted by Gasteiger charge is 2.32. The molecule has 1 aliphatic heterocycles. The molecule has 7 rings (SSSR count). The minimum absolute atomic E-state index is 0.0541. The Morgan fingerprint density at radius 1 is 0.977 bits per heavy atom. The van der Waals surface area contributed by atoms with Crippen LogP contribution in [0.25, 0.3) is 11.8 Å². The second kappa shape index (κ2) is 11.8. The molecule has 1 aliphatic carbocycles. The molecule has 1 atom stereocenters. The first-order valence-electron chi connectivity index (χ1n) is 13.9.